The number of benzene rings is 1. The van der Waals surface area contributed by atoms with Crippen molar-refractivity contribution in [1.82, 2.24) is 9.80 Å². The number of phenols is 1. The SMILES string of the molecule is Oc1ccc(Cl)cc1CN1CC[C@@H](N2CCC(O)CC2)[C@H](O)C1. The molecule has 5 nitrogen and oxygen atoms in total. The first kappa shape index (κ1) is 17.0. The minimum absolute atomic E-state index is 0.173. The molecule has 3 N–H and O–H groups in total. The molecule has 0 saturated carbocycles. The molecule has 2 aliphatic rings. The van der Waals surface area contributed by atoms with Gasteiger partial charge < -0.3 is 15.3 Å². The molecule has 2 heterocycles. The smallest absolute Gasteiger partial charge is 0.120 e. The van der Waals surface area contributed by atoms with Crippen molar-refractivity contribution in [3.05, 3.63) is 28.8 Å². The van der Waals surface area contributed by atoms with Gasteiger partial charge in [-0.05, 0) is 37.5 Å². The van der Waals surface area contributed by atoms with E-state index >= 15 is 0 Å². The lowest BCUT2D eigenvalue weighted by Crippen LogP contribution is -2.55. The van der Waals surface area contributed by atoms with Crippen LogP contribution in [-0.4, -0.2) is 69.5 Å². The number of hydrogen-bond acceptors (Lipinski definition) is 5. The molecule has 2 fully saturated rings. The Morgan fingerprint density at radius 2 is 1.83 bits per heavy atom. The molecule has 0 unspecified atom stereocenters. The van der Waals surface area contributed by atoms with Gasteiger partial charge in [0.05, 0.1) is 12.2 Å². The van der Waals surface area contributed by atoms with Gasteiger partial charge in [0.25, 0.3) is 0 Å². The maximum atomic E-state index is 10.5. The van der Waals surface area contributed by atoms with Crippen LogP contribution in [0.4, 0.5) is 0 Å². The third-order valence-corrected chi connectivity index (χ3v) is 5.27. The number of β-amino-alcohol motifs (C(OH)–C–C–N with tert-alkyl or cyclic N) is 1. The summed E-state index contributed by atoms with van der Waals surface area (Å²) < 4.78 is 0. The number of phenolic OH excluding ortho intramolecular Hbond substituents is 1. The Morgan fingerprint density at radius 1 is 1.09 bits per heavy atom. The van der Waals surface area contributed by atoms with Crippen molar-refractivity contribution in [3.63, 3.8) is 0 Å². The molecule has 0 amide bonds. The minimum Gasteiger partial charge on any atom is -0.508 e. The first-order valence-electron chi connectivity index (χ1n) is 8.33. The second-order valence-corrected chi connectivity index (χ2v) is 7.14. The number of likely N-dealkylation sites (tertiary alicyclic amines) is 2. The highest BCUT2D eigenvalue weighted by Crippen LogP contribution is 2.26. The van der Waals surface area contributed by atoms with Crippen LogP contribution < -0.4 is 0 Å². The Kier molecular flexibility index (Phi) is 5.44. The lowest BCUT2D eigenvalue weighted by atomic mass is 9.96. The zero-order valence-electron chi connectivity index (χ0n) is 13.2. The second-order valence-electron chi connectivity index (χ2n) is 6.70. The quantitative estimate of drug-likeness (QED) is 0.777. The van der Waals surface area contributed by atoms with E-state index in [1.54, 1.807) is 18.2 Å². The largest absolute Gasteiger partial charge is 0.508 e. The number of rotatable bonds is 3. The molecule has 0 aromatic heterocycles. The maximum absolute atomic E-state index is 10.5. The summed E-state index contributed by atoms with van der Waals surface area (Å²) in [6.07, 6.45) is 1.90. The third-order valence-electron chi connectivity index (χ3n) is 5.03. The molecule has 2 saturated heterocycles. The van der Waals surface area contributed by atoms with Crippen LogP contribution in [0, 0.1) is 0 Å². The molecule has 23 heavy (non-hydrogen) atoms. The number of aromatic hydroxyl groups is 1. The van der Waals surface area contributed by atoms with E-state index in [1.807, 2.05) is 0 Å². The lowest BCUT2D eigenvalue weighted by molar-refractivity contribution is -0.0356. The van der Waals surface area contributed by atoms with Crippen LogP contribution in [0.1, 0.15) is 24.8 Å². The highest BCUT2D eigenvalue weighted by Gasteiger charge is 2.33. The average molecular weight is 341 g/mol. The minimum atomic E-state index is -0.402. The van der Waals surface area contributed by atoms with Crippen molar-refractivity contribution < 1.29 is 15.3 Å². The second kappa shape index (κ2) is 7.36. The summed E-state index contributed by atoms with van der Waals surface area (Å²) in [6.45, 7) is 3.78. The number of piperidine rings is 2. The Morgan fingerprint density at radius 3 is 2.52 bits per heavy atom. The molecule has 0 aliphatic carbocycles. The highest BCUT2D eigenvalue weighted by molar-refractivity contribution is 6.30. The van der Waals surface area contributed by atoms with Crippen molar-refractivity contribution in [2.75, 3.05) is 26.2 Å². The summed E-state index contributed by atoms with van der Waals surface area (Å²) in [4.78, 5) is 4.47. The first-order chi connectivity index (χ1) is 11.0. The monoisotopic (exact) mass is 340 g/mol. The average Bonchev–Trinajstić information content (AvgIpc) is 2.52. The summed E-state index contributed by atoms with van der Waals surface area (Å²) in [5, 5.41) is 30.7. The molecule has 6 heteroatoms. The number of halogens is 1. The van der Waals surface area contributed by atoms with E-state index < -0.39 is 6.10 Å². The fourth-order valence-electron chi connectivity index (χ4n) is 3.69. The fraction of sp³-hybridized carbons (Fsp3) is 0.647. The van der Waals surface area contributed by atoms with Gasteiger partial charge in [-0.3, -0.25) is 9.80 Å². The lowest BCUT2D eigenvalue weighted by Gasteiger charge is -2.43. The maximum Gasteiger partial charge on any atom is 0.120 e. The molecule has 1 aromatic carbocycles. The summed E-state index contributed by atoms with van der Waals surface area (Å²) in [5.74, 6) is 0.246. The Labute approximate surface area is 142 Å². The van der Waals surface area contributed by atoms with E-state index in [0.29, 0.717) is 18.1 Å². The molecule has 0 spiro atoms. The van der Waals surface area contributed by atoms with Gasteiger partial charge in [0.2, 0.25) is 0 Å². The molecule has 0 radical (unpaired) electrons. The fourth-order valence-corrected chi connectivity index (χ4v) is 3.89. The van der Waals surface area contributed by atoms with Crippen molar-refractivity contribution in [2.45, 2.75) is 44.1 Å². The zero-order chi connectivity index (χ0) is 16.4. The van der Waals surface area contributed by atoms with Crippen LogP contribution in [0.2, 0.25) is 5.02 Å². The normalized spacial score (nSPS) is 28.1. The van der Waals surface area contributed by atoms with Gasteiger partial charge in [0.1, 0.15) is 5.75 Å². The summed E-state index contributed by atoms with van der Waals surface area (Å²) >= 11 is 5.99. The standard InChI is InChI=1S/C17H25ClN2O3/c18-13-1-2-16(22)12(9-13)10-19-6-5-15(17(23)11-19)20-7-3-14(21)4-8-20/h1-2,9,14-15,17,21-23H,3-8,10-11H2/t15-,17-/m1/s1. The molecular formula is C17H25ClN2O3. The number of nitrogens with zero attached hydrogens (tertiary/aromatic N) is 2. The first-order valence-corrected chi connectivity index (χ1v) is 8.70. The molecule has 128 valence electrons. The van der Waals surface area contributed by atoms with Crippen LogP contribution in [0.5, 0.6) is 5.75 Å². The zero-order valence-corrected chi connectivity index (χ0v) is 14.0. The van der Waals surface area contributed by atoms with Gasteiger partial charge in [-0.15, -0.1) is 0 Å². The summed E-state index contributed by atoms with van der Waals surface area (Å²) in [5.41, 5.74) is 0.796. The van der Waals surface area contributed by atoms with Crippen LogP contribution in [0.15, 0.2) is 18.2 Å². The van der Waals surface area contributed by atoms with Crippen LogP contribution in [0.3, 0.4) is 0 Å². The Hall–Kier alpha value is -0.850. The number of aliphatic hydroxyl groups is 2. The molecule has 2 atom stereocenters. The molecule has 1 aromatic rings. The van der Waals surface area contributed by atoms with E-state index in [2.05, 4.69) is 9.80 Å². The predicted octanol–water partition coefficient (Wildman–Crippen LogP) is 1.44. The number of hydrogen-bond donors (Lipinski definition) is 3. The predicted molar refractivity (Wildman–Crippen MR) is 89.6 cm³/mol. The molecule has 0 bridgehead atoms. The topological polar surface area (TPSA) is 67.2 Å². The van der Waals surface area contributed by atoms with Crippen molar-refractivity contribution >= 4 is 11.6 Å². The van der Waals surface area contributed by atoms with E-state index in [0.717, 1.165) is 44.5 Å². The van der Waals surface area contributed by atoms with Crippen LogP contribution >= 0.6 is 11.6 Å². The van der Waals surface area contributed by atoms with E-state index in [-0.39, 0.29) is 17.9 Å². The van der Waals surface area contributed by atoms with Crippen LogP contribution in [0.25, 0.3) is 0 Å². The van der Waals surface area contributed by atoms with Crippen molar-refractivity contribution in [2.24, 2.45) is 0 Å². The van der Waals surface area contributed by atoms with E-state index in [1.165, 1.54) is 0 Å². The molecular weight excluding hydrogens is 316 g/mol. The van der Waals surface area contributed by atoms with Crippen molar-refractivity contribution in [3.8, 4) is 5.75 Å². The molecule has 3 rings (SSSR count). The van der Waals surface area contributed by atoms with Gasteiger partial charge in [-0.1, -0.05) is 11.6 Å². The van der Waals surface area contributed by atoms with E-state index in [9.17, 15) is 15.3 Å². The number of aliphatic hydroxyl groups excluding tert-OH is 2. The van der Waals surface area contributed by atoms with Gasteiger partial charge >= 0.3 is 0 Å². The third kappa shape index (κ3) is 4.17. The summed E-state index contributed by atoms with van der Waals surface area (Å²) in [6, 6.07) is 5.24. The van der Waals surface area contributed by atoms with Gasteiger partial charge in [0, 0.05) is 49.4 Å². The molecule has 2 aliphatic heterocycles. The van der Waals surface area contributed by atoms with Crippen LogP contribution in [-0.2, 0) is 6.54 Å². The Bertz CT molecular complexity index is 535. The van der Waals surface area contributed by atoms with Gasteiger partial charge in [-0.25, -0.2) is 0 Å². The van der Waals surface area contributed by atoms with Gasteiger partial charge in [0.15, 0.2) is 0 Å². The summed E-state index contributed by atoms with van der Waals surface area (Å²) in [7, 11) is 0. The Balaban J connectivity index is 1.57. The highest BCUT2D eigenvalue weighted by atomic mass is 35.5. The van der Waals surface area contributed by atoms with E-state index in [4.69, 9.17) is 11.6 Å². The van der Waals surface area contributed by atoms with Crippen molar-refractivity contribution in [1.29, 1.82) is 0 Å². The van der Waals surface area contributed by atoms with Gasteiger partial charge in [-0.2, -0.15) is 0 Å².